The third-order valence-electron chi connectivity index (χ3n) is 3.80. The maximum atomic E-state index is 12.6. The number of ether oxygens (including phenoxy) is 2. The molecule has 4 nitrogen and oxygen atoms in total. The number of hydrogen-bond donors (Lipinski definition) is 1. The summed E-state index contributed by atoms with van der Waals surface area (Å²) in [7, 11) is 0. The first-order valence-electron chi connectivity index (χ1n) is 8.65. The van der Waals surface area contributed by atoms with E-state index in [1.165, 1.54) is 12.1 Å². The molecule has 2 aromatic carbocycles. The van der Waals surface area contributed by atoms with Gasteiger partial charge in [-0.3, -0.25) is 4.79 Å². The van der Waals surface area contributed by atoms with Gasteiger partial charge in [0.25, 0.3) is 5.91 Å². The van der Waals surface area contributed by atoms with E-state index in [0.29, 0.717) is 49.7 Å². The number of carbonyl (C=O) groups excluding carboxylic acids is 1. The quantitative estimate of drug-likeness (QED) is 0.666. The summed E-state index contributed by atoms with van der Waals surface area (Å²) in [5, 5.41) is 2.76. The standard InChI is InChI=1S/C20H22F3NO3/c1-2-26-13-14-27-18-6-4-3-5-17(18)19(25)24-12-11-15-7-9-16(10-8-15)20(21,22)23/h3-10H,2,11-14H2,1H3,(H,24,25). The number of para-hydroxylation sites is 1. The number of nitrogens with one attached hydrogen (secondary N) is 1. The van der Waals surface area contributed by atoms with E-state index in [1.54, 1.807) is 24.3 Å². The number of alkyl halides is 3. The van der Waals surface area contributed by atoms with Gasteiger partial charge in [0.2, 0.25) is 0 Å². The summed E-state index contributed by atoms with van der Waals surface area (Å²) < 4.78 is 48.5. The molecule has 0 fully saturated rings. The number of benzene rings is 2. The van der Waals surface area contributed by atoms with Crippen molar-refractivity contribution in [3.8, 4) is 5.75 Å². The smallest absolute Gasteiger partial charge is 0.416 e. The summed E-state index contributed by atoms with van der Waals surface area (Å²) in [6.45, 7) is 3.55. The zero-order valence-electron chi connectivity index (χ0n) is 15.0. The van der Waals surface area contributed by atoms with Crippen molar-refractivity contribution in [2.75, 3.05) is 26.4 Å². The second-order valence-electron chi connectivity index (χ2n) is 5.74. The van der Waals surface area contributed by atoms with E-state index in [-0.39, 0.29) is 5.91 Å². The Labute approximate surface area is 156 Å². The lowest BCUT2D eigenvalue weighted by Gasteiger charge is -2.12. The molecule has 0 atom stereocenters. The first-order valence-corrected chi connectivity index (χ1v) is 8.65. The zero-order chi connectivity index (χ0) is 19.7. The number of carbonyl (C=O) groups is 1. The van der Waals surface area contributed by atoms with Crippen molar-refractivity contribution in [3.63, 3.8) is 0 Å². The van der Waals surface area contributed by atoms with Gasteiger partial charge in [0.1, 0.15) is 12.4 Å². The van der Waals surface area contributed by atoms with Crippen molar-refractivity contribution >= 4 is 5.91 Å². The van der Waals surface area contributed by atoms with Crippen LogP contribution < -0.4 is 10.1 Å². The number of rotatable bonds is 9. The van der Waals surface area contributed by atoms with Crippen LogP contribution in [0.1, 0.15) is 28.4 Å². The lowest BCUT2D eigenvalue weighted by atomic mass is 10.1. The summed E-state index contributed by atoms with van der Waals surface area (Å²) in [6, 6.07) is 11.8. The van der Waals surface area contributed by atoms with Gasteiger partial charge in [-0.25, -0.2) is 0 Å². The molecular formula is C20H22F3NO3. The van der Waals surface area contributed by atoms with Crippen LogP contribution in [0, 0.1) is 0 Å². The SMILES string of the molecule is CCOCCOc1ccccc1C(=O)NCCc1ccc(C(F)(F)F)cc1. The Morgan fingerprint density at radius 2 is 1.74 bits per heavy atom. The van der Waals surface area contributed by atoms with E-state index in [0.717, 1.165) is 12.1 Å². The van der Waals surface area contributed by atoms with Crippen molar-refractivity contribution in [3.05, 3.63) is 65.2 Å². The first kappa shape index (κ1) is 20.8. The normalized spacial score (nSPS) is 11.3. The summed E-state index contributed by atoms with van der Waals surface area (Å²) in [6.07, 6.45) is -3.92. The predicted molar refractivity (Wildman–Crippen MR) is 95.9 cm³/mol. The molecule has 2 rings (SSSR count). The molecule has 0 aliphatic rings. The molecule has 0 aliphatic carbocycles. The molecule has 27 heavy (non-hydrogen) atoms. The van der Waals surface area contributed by atoms with Crippen molar-refractivity contribution in [2.24, 2.45) is 0 Å². The molecule has 0 saturated heterocycles. The largest absolute Gasteiger partial charge is 0.490 e. The Morgan fingerprint density at radius 3 is 2.41 bits per heavy atom. The van der Waals surface area contributed by atoms with Crippen LogP contribution in [0.3, 0.4) is 0 Å². The third-order valence-corrected chi connectivity index (χ3v) is 3.80. The number of amides is 1. The summed E-state index contributed by atoms with van der Waals surface area (Å²) in [5.41, 5.74) is 0.430. The zero-order valence-corrected chi connectivity index (χ0v) is 15.0. The van der Waals surface area contributed by atoms with Gasteiger partial charge in [0.15, 0.2) is 0 Å². The van der Waals surface area contributed by atoms with Crippen LogP contribution in [-0.2, 0) is 17.3 Å². The topological polar surface area (TPSA) is 47.6 Å². The fraction of sp³-hybridized carbons (Fsp3) is 0.350. The van der Waals surface area contributed by atoms with Crippen LogP contribution >= 0.6 is 0 Å². The second-order valence-corrected chi connectivity index (χ2v) is 5.74. The van der Waals surface area contributed by atoms with E-state index in [9.17, 15) is 18.0 Å². The second kappa shape index (κ2) is 9.97. The minimum absolute atomic E-state index is 0.297. The maximum Gasteiger partial charge on any atom is 0.416 e. The van der Waals surface area contributed by atoms with Crippen molar-refractivity contribution in [2.45, 2.75) is 19.5 Å². The minimum Gasteiger partial charge on any atom is -0.490 e. The highest BCUT2D eigenvalue weighted by Crippen LogP contribution is 2.29. The van der Waals surface area contributed by atoms with E-state index in [2.05, 4.69) is 5.32 Å². The van der Waals surface area contributed by atoms with Crippen molar-refractivity contribution in [1.29, 1.82) is 0 Å². The molecular weight excluding hydrogens is 359 g/mol. The van der Waals surface area contributed by atoms with Gasteiger partial charge in [-0.2, -0.15) is 13.2 Å². The Balaban J connectivity index is 1.87. The van der Waals surface area contributed by atoms with E-state index in [4.69, 9.17) is 9.47 Å². The fourth-order valence-corrected chi connectivity index (χ4v) is 2.41. The van der Waals surface area contributed by atoms with Crippen molar-refractivity contribution < 1.29 is 27.4 Å². The fourth-order valence-electron chi connectivity index (χ4n) is 2.41. The molecule has 0 unspecified atom stereocenters. The lowest BCUT2D eigenvalue weighted by molar-refractivity contribution is -0.137. The number of halogens is 3. The summed E-state index contributed by atoms with van der Waals surface area (Å²) in [5.74, 6) is 0.165. The molecule has 2 aromatic rings. The average molecular weight is 381 g/mol. The Hall–Kier alpha value is -2.54. The average Bonchev–Trinajstić information content (AvgIpc) is 2.65. The van der Waals surface area contributed by atoms with Gasteiger partial charge in [-0.1, -0.05) is 24.3 Å². The molecule has 7 heteroatoms. The van der Waals surface area contributed by atoms with E-state index >= 15 is 0 Å². The van der Waals surface area contributed by atoms with E-state index in [1.807, 2.05) is 6.92 Å². The van der Waals surface area contributed by atoms with Gasteiger partial charge in [-0.05, 0) is 43.2 Å². The highest BCUT2D eigenvalue weighted by atomic mass is 19.4. The van der Waals surface area contributed by atoms with Crippen LogP contribution in [0.2, 0.25) is 0 Å². The molecule has 0 bridgehead atoms. The van der Waals surface area contributed by atoms with Gasteiger partial charge in [0.05, 0.1) is 17.7 Å². The molecule has 0 saturated carbocycles. The van der Waals surface area contributed by atoms with Crippen molar-refractivity contribution in [1.82, 2.24) is 5.32 Å². The Bertz CT molecular complexity index is 730. The summed E-state index contributed by atoms with van der Waals surface area (Å²) >= 11 is 0. The van der Waals surface area contributed by atoms with Gasteiger partial charge in [0, 0.05) is 13.2 Å². The molecule has 1 amide bonds. The molecule has 0 radical (unpaired) electrons. The molecule has 0 heterocycles. The highest BCUT2D eigenvalue weighted by Gasteiger charge is 2.29. The van der Waals surface area contributed by atoms with Crippen LogP contribution in [-0.4, -0.2) is 32.3 Å². The molecule has 0 spiro atoms. The minimum atomic E-state index is -4.35. The highest BCUT2D eigenvalue weighted by molar-refractivity contribution is 5.96. The molecule has 0 aliphatic heterocycles. The summed E-state index contributed by atoms with van der Waals surface area (Å²) in [4.78, 5) is 12.4. The maximum absolute atomic E-state index is 12.6. The lowest BCUT2D eigenvalue weighted by Crippen LogP contribution is -2.26. The molecule has 1 N–H and O–H groups in total. The van der Waals surface area contributed by atoms with Crippen LogP contribution in [0.25, 0.3) is 0 Å². The third kappa shape index (κ3) is 6.60. The number of hydrogen-bond acceptors (Lipinski definition) is 3. The van der Waals surface area contributed by atoms with Gasteiger partial charge >= 0.3 is 6.18 Å². The Morgan fingerprint density at radius 1 is 1.04 bits per heavy atom. The Kier molecular flexibility index (Phi) is 7.67. The van der Waals surface area contributed by atoms with Crippen LogP contribution in [0.4, 0.5) is 13.2 Å². The van der Waals surface area contributed by atoms with Crippen LogP contribution in [0.5, 0.6) is 5.75 Å². The van der Waals surface area contributed by atoms with Gasteiger partial charge < -0.3 is 14.8 Å². The predicted octanol–water partition coefficient (Wildman–Crippen LogP) is 4.09. The van der Waals surface area contributed by atoms with Gasteiger partial charge in [-0.15, -0.1) is 0 Å². The monoisotopic (exact) mass is 381 g/mol. The molecule has 0 aromatic heterocycles. The van der Waals surface area contributed by atoms with E-state index < -0.39 is 11.7 Å². The molecule has 146 valence electrons. The van der Waals surface area contributed by atoms with Crippen LogP contribution in [0.15, 0.2) is 48.5 Å². The first-order chi connectivity index (χ1) is 12.9.